The van der Waals surface area contributed by atoms with Gasteiger partial charge in [0.2, 0.25) is 5.95 Å². The van der Waals surface area contributed by atoms with Gasteiger partial charge in [-0.25, -0.2) is 15.0 Å². The molecule has 0 saturated heterocycles. The first-order valence-electron chi connectivity index (χ1n) is 9.16. The second-order valence-electron chi connectivity index (χ2n) is 6.76. The fourth-order valence-corrected chi connectivity index (χ4v) is 3.91. The Labute approximate surface area is 162 Å². The van der Waals surface area contributed by atoms with E-state index in [4.69, 9.17) is 10.5 Å². The van der Waals surface area contributed by atoms with E-state index in [1.807, 2.05) is 35.0 Å². The zero-order valence-electron chi connectivity index (χ0n) is 15.5. The van der Waals surface area contributed by atoms with Crippen molar-refractivity contribution in [1.82, 2.24) is 19.5 Å². The number of rotatable bonds is 3. The lowest BCUT2D eigenvalue weighted by Gasteiger charge is -2.23. The average Bonchev–Trinajstić information content (AvgIpc) is 3.27. The molecule has 28 heavy (non-hydrogen) atoms. The molecule has 138 valence electrons. The minimum atomic E-state index is 0.275. The predicted octanol–water partition coefficient (Wildman–Crippen LogP) is 3.69. The first-order chi connectivity index (χ1) is 13.7. The molecule has 0 atom stereocenters. The summed E-state index contributed by atoms with van der Waals surface area (Å²) in [6.45, 7) is 0. The van der Waals surface area contributed by atoms with Gasteiger partial charge in [0.15, 0.2) is 0 Å². The van der Waals surface area contributed by atoms with Gasteiger partial charge in [0, 0.05) is 40.3 Å². The standard InChI is InChI=1S/C22H19N5O/c1-28-19-7-3-6-17-16(19)8-9-18-20(25-22(23)26-21(17)18)14-4-2-5-15(12-14)27-11-10-24-13-27/h2-7,10-13H,8-9H2,1H3,(H2,23,25,26). The molecule has 0 fully saturated rings. The monoisotopic (exact) mass is 369 g/mol. The van der Waals surface area contributed by atoms with E-state index in [1.54, 1.807) is 19.6 Å². The maximum Gasteiger partial charge on any atom is 0.221 e. The van der Waals surface area contributed by atoms with Crippen molar-refractivity contribution in [2.24, 2.45) is 0 Å². The Hall–Kier alpha value is -3.67. The number of nitrogens with zero attached hydrogens (tertiary/aromatic N) is 4. The maximum atomic E-state index is 6.11. The zero-order chi connectivity index (χ0) is 19.1. The van der Waals surface area contributed by atoms with Crippen molar-refractivity contribution in [3.8, 4) is 34.0 Å². The molecule has 0 bridgehead atoms. The van der Waals surface area contributed by atoms with E-state index in [9.17, 15) is 0 Å². The number of hydrogen-bond donors (Lipinski definition) is 1. The molecule has 1 aliphatic rings. The summed E-state index contributed by atoms with van der Waals surface area (Å²) in [6, 6.07) is 14.3. The molecule has 0 amide bonds. The van der Waals surface area contributed by atoms with Gasteiger partial charge in [0.05, 0.1) is 24.8 Å². The van der Waals surface area contributed by atoms with Crippen LogP contribution in [0.25, 0.3) is 28.2 Å². The fourth-order valence-electron chi connectivity index (χ4n) is 3.91. The highest BCUT2D eigenvalue weighted by molar-refractivity contribution is 5.80. The molecular formula is C22H19N5O. The molecule has 2 heterocycles. The van der Waals surface area contributed by atoms with E-state index in [-0.39, 0.29) is 5.95 Å². The zero-order valence-corrected chi connectivity index (χ0v) is 15.5. The van der Waals surface area contributed by atoms with E-state index >= 15 is 0 Å². The SMILES string of the molecule is COc1cccc2c1CCc1c(-c3cccc(-n4ccnc4)c3)nc(N)nc1-2. The minimum absolute atomic E-state index is 0.275. The summed E-state index contributed by atoms with van der Waals surface area (Å²) in [6.07, 6.45) is 7.19. The highest BCUT2D eigenvalue weighted by atomic mass is 16.5. The fraction of sp³-hybridized carbons (Fsp3) is 0.136. The highest BCUT2D eigenvalue weighted by Gasteiger charge is 2.25. The van der Waals surface area contributed by atoms with Gasteiger partial charge in [0.1, 0.15) is 5.75 Å². The second-order valence-corrected chi connectivity index (χ2v) is 6.76. The number of benzene rings is 2. The summed E-state index contributed by atoms with van der Waals surface area (Å²) in [5.41, 5.74) is 13.3. The molecule has 5 rings (SSSR count). The van der Waals surface area contributed by atoms with Crippen LogP contribution in [0.1, 0.15) is 11.1 Å². The summed E-state index contributed by atoms with van der Waals surface area (Å²) < 4.78 is 7.52. The van der Waals surface area contributed by atoms with E-state index in [2.05, 4.69) is 33.2 Å². The van der Waals surface area contributed by atoms with Gasteiger partial charge in [-0.2, -0.15) is 0 Å². The van der Waals surface area contributed by atoms with Crippen LogP contribution in [0.3, 0.4) is 0 Å². The van der Waals surface area contributed by atoms with Crippen molar-refractivity contribution < 1.29 is 4.74 Å². The van der Waals surface area contributed by atoms with Gasteiger partial charge in [-0.3, -0.25) is 0 Å². The molecule has 0 saturated carbocycles. The van der Waals surface area contributed by atoms with E-state index in [1.165, 1.54) is 5.56 Å². The third kappa shape index (κ3) is 2.62. The Bertz CT molecular complexity index is 1170. The number of imidazole rings is 1. The van der Waals surface area contributed by atoms with Crippen LogP contribution in [0.4, 0.5) is 5.95 Å². The maximum absolute atomic E-state index is 6.11. The molecule has 2 aromatic heterocycles. The number of aromatic nitrogens is 4. The van der Waals surface area contributed by atoms with Gasteiger partial charge >= 0.3 is 0 Å². The molecule has 6 heteroatoms. The summed E-state index contributed by atoms with van der Waals surface area (Å²) in [7, 11) is 1.70. The molecule has 0 aliphatic heterocycles. The molecule has 1 aliphatic carbocycles. The van der Waals surface area contributed by atoms with E-state index < -0.39 is 0 Å². The van der Waals surface area contributed by atoms with Crippen molar-refractivity contribution in [2.75, 3.05) is 12.8 Å². The molecule has 0 radical (unpaired) electrons. The quantitative estimate of drug-likeness (QED) is 0.596. The summed E-state index contributed by atoms with van der Waals surface area (Å²) in [5, 5.41) is 0. The highest BCUT2D eigenvalue weighted by Crippen LogP contribution is 2.40. The molecule has 2 N–H and O–H groups in total. The van der Waals surface area contributed by atoms with Crippen LogP contribution in [0.5, 0.6) is 5.75 Å². The lowest BCUT2D eigenvalue weighted by molar-refractivity contribution is 0.409. The Morgan fingerprint density at radius 3 is 2.64 bits per heavy atom. The van der Waals surface area contributed by atoms with E-state index in [0.29, 0.717) is 0 Å². The van der Waals surface area contributed by atoms with Crippen molar-refractivity contribution in [2.45, 2.75) is 12.8 Å². The molecule has 0 unspecified atom stereocenters. The molecule has 6 nitrogen and oxygen atoms in total. The predicted molar refractivity (Wildman–Crippen MR) is 108 cm³/mol. The Morgan fingerprint density at radius 1 is 1.00 bits per heavy atom. The van der Waals surface area contributed by atoms with Crippen LogP contribution in [0, 0.1) is 0 Å². The van der Waals surface area contributed by atoms with Crippen LogP contribution < -0.4 is 10.5 Å². The number of methoxy groups -OCH3 is 1. The Kier molecular flexibility index (Phi) is 3.83. The van der Waals surface area contributed by atoms with Gasteiger partial charge in [-0.05, 0) is 31.0 Å². The number of fused-ring (bicyclic) bond motifs is 3. The lowest BCUT2D eigenvalue weighted by Crippen LogP contribution is -2.12. The van der Waals surface area contributed by atoms with Gasteiger partial charge in [0.25, 0.3) is 0 Å². The largest absolute Gasteiger partial charge is 0.496 e. The Balaban J connectivity index is 1.70. The van der Waals surface area contributed by atoms with Gasteiger partial charge < -0.3 is 15.0 Å². The van der Waals surface area contributed by atoms with Crippen LogP contribution in [-0.2, 0) is 12.8 Å². The minimum Gasteiger partial charge on any atom is -0.496 e. The number of nitrogens with two attached hydrogens (primary N) is 1. The molecule has 2 aromatic carbocycles. The van der Waals surface area contributed by atoms with Gasteiger partial charge in [-0.15, -0.1) is 0 Å². The number of ether oxygens (including phenoxy) is 1. The van der Waals surface area contributed by atoms with Crippen molar-refractivity contribution in [1.29, 1.82) is 0 Å². The van der Waals surface area contributed by atoms with Crippen molar-refractivity contribution >= 4 is 5.95 Å². The smallest absolute Gasteiger partial charge is 0.221 e. The second kappa shape index (κ2) is 6.49. The van der Waals surface area contributed by atoms with Crippen molar-refractivity contribution in [3.63, 3.8) is 0 Å². The first kappa shape index (κ1) is 16.5. The molecule has 4 aromatic rings. The number of hydrogen-bond acceptors (Lipinski definition) is 5. The molecule has 0 spiro atoms. The number of anilines is 1. The third-order valence-corrected chi connectivity index (χ3v) is 5.18. The topological polar surface area (TPSA) is 78.8 Å². The summed E-state index contributed by atoms with van der Waals surface area (Å²) in [4.78, 5) is 13.3. The summed E-state index contributed by atoms with van der Waals surface area (Å²) in [5.74, 6) is 1.17. The average molecular weight is 369 g/mol. The van der Waals surface area contributed by atoms with E-state index in [0.717, 1.165) is 52.4 Å². The van der Waals surface area contributed by atoms with Crippen LogP contribution in [0.2, 0.25) is 0 Å². The van der Waals surface area contributed by atoms with Crippen LogP contribution in [-0.4, -0.2) is 26.6 Å². The van der Waals surface area contributed by atoms with Crippen LogP contribution >= 0.6 is 0 Å². The lowest BCUT2D eigenvalue weighted by atomic mass is 9.86. The molecular weight excluding hydrogens is 350 g/mol. The van der Waals surface area contributed by atoms with Gasteiger partial charge in [-0.1, -0.05) is 24.3 Å². The Morgan fingerprint density at radius 2 is 1.82 bits per heavy atom. The first-order valence-corrected chi connectivity index (χ1v) is 9.16. The summed E-state index contributed by atoms with van der Waals surface area (Å²) >= 11 is 0. The van der Waals surface area contributed by atoms with Crippen LogP contribution in [0.15, 0.2) is 61.2 Å². The van der Waals surface area contributed by atoms with Crippen molar-refractivity contribution in [3.05, 3.63) is 72.3 Å². The third-order valence-electron chi connectivity index (χ3n) is 5.18. The normalized spacial score (nSPS) is 12.3. The number of nitrogen functional groups attached to an aromatic ring is 1.